The second-order valence-corrected chi connectivity index (χ2v) is 32.0. The van der Waals surface area contributed by atoms with E-state index in [0.29, 0.717) is 0 Å². The quantitative estimate of drug-likeness (QED) is 0.107. The van der Waals surface area contributed by atoms with Crippen LogP contribution in [0.3, 0.4) is 0 Å². The highest BCUT2D eigenvalue weighted by Gasteiger charge is 2.54. The van der Waals surface area contributed by atoms with Crippen molar-refractivity contribution in [3.05, 3.63) is 0 Å². The van der Waals surface area contributed by atoms with Crippen LogP contribution in [0, 0.1) is 66.5 Å². The summed E-state index contributed by atoms with van der Waals surface area (Å²) in [6, 6.07) is 0. The van der Waals surface area contributed by atoms with Gasteiger partial charge in [0.25, 0.3) is 0 Å². The first-order valence-corrected chi connectivity index (χ1v) is 27.0. The molecule has 0 aliphatic heterocycles. The van der Waals surface area contributed by atoms with Gasteiger partial charge in [-0.15, -0.1) is 0 Å². The Bertz CT molecular complexity index is 1520. The summed E-state index contributed by atoms with van der Waals surface area (Å²) in [4.78, 5) is 68.8. The maximum atomic E-state index is 11.7. The van der Waals surface area contributed by atoms with Crippen molar-refractivity contribution in [3.63, 3.8) is 0 Å². The molecule has 0 saturated carbocycles. The van der Waals surface area contributed by atoms with Gasteiger partial charge in [-0.2, -0.15) is 0 Å². The van der Waals surface area contributed by atoms with Crippen molar-refractivity contribution < 1.29 is 49.2 Å². The lowest BCUT2D eigenvalue weighted by Crippen LogP contribution is -2.59. The average molecular weight is 1090 g/mol. The highest BCUT2D eigenvalue weighted by Crippen LogP contribution is 2.49. The summed E-state index contributed by atoms with van der Waals surface area (Å²) >= 11 is 0. The lowest BCUT2D eigenvalue weighted by Gasteiger charge is -2.49. The molecule has 0 aromatic carbocycles. The monoisotopic (exact) mass is 1090 g/mol. The summed E-state index contributed by atoms with van der Waals surface area (Å²) in [7, 11) is 0. The van der Waals surface area contributed by atoms with Gasteiger partial charge in [-0.3, -0.25) is 28.8 Å². The molecule has 0 fully saturated rings. The molecule has 12 heteroatoms. The molecule has 12 nitrogen and oxygen atoms in total. The van der Waals surface area contributed by atoms with Crippen molar-refractivity contribution >= 4 is 34.7 Å². The number of nitrogens with two attached hydrogens (primary N) is 2. The fourth-order valence-electron chi connectivity index (χ4n) is 12.3. The van der Waals surface area contributed by atoms with Gasteiger partial charge >= 0.3 is 0 Å². The lowest BCUT2D eigenvalue weighted by molar-refractivity contribution is -0.156. The van der Waals surface area contributed by atoms with Crippen LogP contribution in [0.15, 0.2) is 0 Å². The Labute approximate surface area is 471 Å². The van der Waals surface area contributed by atoms with E-state index in [-0.39, 0.29) is 92.4 Å². The predicted octanol–water partition coefficient (Wildman–Crippen LogP) is 13.8. The van der Waals surface area contributed by atoms with Gasteiger partial charge in [0.15, 0.2) is 0 Å². The third-order valence-corrected chi connectivity index (χ3v) is 16.3. The lowest BCUT2D eigenvalue weighted by atomic mass is 9.56. The van der Waals surface area contributed by atoms with Crippen molar-refractivity contribution in [1.82, 2.24) is 0 Å². The molecular formula is C64H132N2O10. The Hall–Kier alpha value is -2.22. The fourth-order valence-corrected chi connectivity index (χ4v) is 12.3. The molecule has 0 aromatic rings. The van der Waals surface area contributed by atoms with Crippen LogP contribution in [0.1, 0.15) is 277 Å². The van der Waals surface area contributed by atoms with Gasteiger partial charge in [-0.25, -0.2) is 0 Å². The van der Waals surface area contributed by atoms with Gasteiger partial charge in [0.05, 0.1) is 45.1 Å². The Morgan fingerprint density at radius 3 is 0.461 bits per heavy atom. The molecular weight excluding hydrogens is 957 g/mol. The van der Waals surface area contributed by atoms with Gasteiger partial charge in [0, 0.05) is 22.4 Å². The second kappa shape index (κ2) is 28.5. The SMILES string of the molecule is C.CC(=O)C(C(C)(C)C)C(C)(C)N.CC(=O)C(C(C)(C)C)C(C)(C)O.CC(=O)C(C(C)(C)C)C(C)(C)O.CC(=O)C(C)(C(C)(C)C)C(C)(C)N.CC(=O)C(C)(C(C)(C)C)C(C)(C)O.CC(=O)C(C)(C(C)(C)C)C(C)(C)O. The van der Waals surface area contributed by atoms with Crippen LogP contribution in [0.5, 0.6) is 0 Å². The zero-order valence-corrected chi connectivity index (χ0v) is 56.6. The van der Waals surface area contributed by atoms with Crippen LogP contribution < -0.4 is 11.5 Å². The van der Waals surface area contributed by atoms with E-state index in [2.05, 4.69) is 20.8 Å². The van der Waals surface area contributed by atoms with Crippen LogP contribution in [0.25, 0.3) is 0 Å². The summed E-state index contributed by atoms with van der Waals surface area (Å²) in [6.07, 6.45) is 0. The number of aliphatic hydroxyl groups is 4. The van der Waals surface area contributed by atoms with Crippen molar-refractivity contribution in [3.8, 4) is 0 Å². The molecule has 0 bridgehead atoms. The molecule has 0 heterocycles. The third-order valence-electron chi connectivity index (χ3n) is 16.3. The minimum Gasteiger partial charge on any atom is -0.390 e. The van der Waals surface area contributed by atoms with E-state index in [1.54, 1.807) is 83.1 Å². The topological polar surface area (TPSA) is 235 Å². The highest BCUT2D eigenvalue weighted by atomic mass is 16.3. The van der Waals surface area contributed by atoms with Crippen molar-refractivity contribution in [2.45, 2.75) is 311 Å². The van der Waals surface area contributed by atoms with E-state index in [1.807, 2.05) is 152 Å². The molecule has 0 aliphatic rings. The highest BCUT2D eigenvalue weighted by molar-refractivity contribution is 5.85. The molecule has 0 saturated heterocycles. The third kappa shape index (κ3) is 25.9. The first-order valence-electron chi connectivity index (χ1n) is 27.0. The average Bonchev–Trinajstić information content (AvgIpc) is 3.00. The predicted molar refractivity (Wildman–Crippen MR) is 324 cm³/mol. The maximum Gasteiger partial charge on any atom is 0.139 e. The van der Waals surface area contributed by atoms with Crippen LogP contribution in [0.4, 0.5) is 0 Å². The van der Waals surface area contributed by atoms with Gasteiger partial charge in [0.1, 0.15) is 34.7 Å². The molecule has 6 unspecified atom stereocenters. The standard InChI is InChI=1S/C11H23NO.2C11H22O2.C10H21NO.2C10H20O2.CH4/c1-8(13)11(7,9(2,3)4)10(5,6)12;2*1-8(12)11(7,9(2,3)4)10(5,6)13;1-7(12)8(9(2,3)4)10(5,6)11;2*1-7(11)8(9(2,3)4)10(5,6)12;/h12H2,1-7H3;2*13H,1-7H3;8H,11H2,1-6H3;2*8,12H,1-6H3;1H4. The number of Topliss-reactive ketones (excluding diaryl/α,β-unsaturated/α-hetero) is 6. The molecule has 8 N–H and O–H groups in total. The summed E-state index contributed by atoms with van der Waals surface area (Å²) in [5, 5.41) is 39.6. The number of hydrogen-bond donors (Lipinski definition) is 6. The number of carbonyl (C=O) groups excluding carboxylic acids is 6. The molecule has 6 atom stereocenters. The Kier molecular flexibility index (Phi) is 32.8. The van der Waals surface area contributed by atoms with Crippen molar-refractivity contribution in [1.29, 1.82) is 0 Å². The fraction of sp³-hybridized carbons (Fsp3) is 0.906. The number of rotatable bonds is 12. The first kappa shape index (κ1) is 87.6. The number of carbonyl (C=O) groups is 6. The van der Waals surface area contributed by atoms with E-state index >= 15 is 0 Å². The molecule has 0 spiro atoms. The van der Waals surface area contributed by atoms with E-state index < -0.39 is 49.7 Å². The van der Waals surface area contributed by atoms with Gasteiger partial charge in [-0.1, -0.05) is 139 Å². The van der Waals surface area contributed by atoms with E-state index in [9.17, 15) is 49.2 Å². The molecule has 0 aliphatic carbocycles. The van der Waals surface area contributed by atoms with Gasteiger partial charge in [-0.05, 0) is 171 Å². The van der Waals surface area contributed by atoms with Crippen molar-refractivity contribution in [2.75, 3.05) is 0 Å². The summed E-state index contributed by atoms with van der Waals surface area (Å²) < 4.78 is 0. The molecule has 458 valence electrons. The van der Waals surface area contributed by atoms with E-state index in [4.69, 9.17) is 11.5 Å². The maximum absolute atomic E-state index is 11.7. The second-order valence-electron chi connectivity index (χ2n) is 32.0. The Morgan fingerprint density at radius 1 is 0.303 bits per heavy atom. The first-order chi connectivity index (χ1) is 31.5. The van der Waals surface area contributed by atoms with Crippen LogP contribution >= 0.6 is 0 Å². The largest absolute Gasteiger partial charge is 0.390 e. The number of ketones is 6. The van der Waals surface area contributed by atoms with Crippen molar-refractivity contribution in [2.24, 2.45) is 78.0 Å². The zero-order valence-electron chi connectivity index (χ0n) is 56.6. The van der Waals surface area contributed by atoms with Crippen LogP contribution in [-0.2, 0) is 28.8 Å². The van der Waals surface area contributed by atoms with Crippen LogP contribution in [-0.4, -0.2) is 88.6 Å². The molecule has 0 aromatic heterocycles. The zero-order chi connectivity index (χ0) is 63.7. The van der Waals surface area contributed by atoms with Gasteiger partial charge < -0.3 is 31.9 Å². The number of hydrogen-bond acceptors (Lipinski definition) is 12. The van der Waals surface area contributed by atoms with E-state index in [1.165, 1.54) is 13.8 Å². The Morgan fingerprint density at radius 2 is 0.461 bits per heavy atom. The summed E-state index contributed by atoms with van der Waals surface area (Å²) in [6.45, 7) is 72.2. The van der Waals surface area contributed by atoms with Gasteiger partial charge in [0.2, 0.25) is 0 Å². The molecule has 0 radical (unpaired) electrons. The summed E-state index contributed by atoms with van der Waals surface area (Å²) in [5.74, 6) is -0.174. The minimum atomic E-state index is -0.989. The Balaban J connectivity index is -0.000000150. The smallest absolute Gasteiger partial charge is 0.139 e. The van der Waals surface area contributed by atoms with E-state index in [0.717, 1.165) is 0 Å². The normalized spacial score (nSPS) is 16.9. The summed E-state index contributed by atoms with van der Waals surface area (Å²) in [5.41, 5.74) is 4.38. The molecule has 0 amide bonds. The van der Waals surface area contributed by atoms with Crippen LogP contribution in [0.2, 0.25) is 0 Å². The molecule has 0 rings (SSSR count). The minimum absolute atomic E-state index is 0. The molecule has 76 heavy (non-hydrogen) atoms.